The Bertz CT molecular complexity index is 568. The summed E-state index contributed by atoms with van der Waals surface area (Å²) in [4.78, 5) is 23.5. The number of hydrogen-bond acceptors (Lipinski definition) is 5. The molecule has 24 heavy (non-hydrogen) atoms. The number of nitrogens with one attached hydrogen (secondary N) is 2. The Balaban J connectivity index is 1.39. The molecule has 0 spiro atoms. The van der Waals surface area contributed by atoms with Gasteiger partial charge in [-0.05, 0) is 30.5 Å². The third-order valence-corrected chi connectivity index (χ3v) is 7.19. The van der Waals surface area contributed by atoms with E-state index in [1.54, 1.807) is 0 Å². The number of imide groups is 1. The largest absolute Gasteiger partial charge is 0.484 e. The van der Waals surface area contributed by atoms with Crippen LogP contribution in [0.25, 0.3) is 0 Å². The van der Waals surface area contributed by atoms with Crippen molar-refractivity contribution in [2.45, 2.75) is 36.3 Å². The third-order valence-electron chi connectivity index (χ3n) is 4.09. The summed E-state index contributed by atoms with van der Waals surface area (Å²) in [6.45, 7) is -0.162. The van der Waals surface area contributed by atoms with Crippen molar-refractivity contribution in [1.82, 2.24) is 10.6 Å². The van der Waals surface area contributed by atoms with Gasteiger partial charge in [-0.3, -0.25) is 10.1 Å². The number of carbonyl (C=O) groups excluding carboxylic acids is 2. The van der Waals surface area contributed by atoms with E-state index in [9.17, 15) is 9.59 Å². The Labute approximate surface area is 150 Å². The Morgan fingerprint density at radius 1 is 1.08 bits per heavy atom. The molecule has 3 amide bonds. The van der Waals surface area contributed by atoms with Gasteiger partial charge in [0.1, 0.15) is 5.75 Å². The Morgan fingerprint density at radius 2 is 1.75 bits per heavy atom. The highest BCUT2D eigenvalue weighted by atomic mass is 32.2. The highest BCUT2D eigenvalue weighted by Crippen LogP contribution is 2.45. The predicted octanol–water partition coefficient (Wildman–Crippen LogP) is 3.31. The van der Waals surface area contributed by atoms with Crippen LogP contribution in [0, 0.1) is 0 Å². The van der Waals surface area contributed by atoms with Gasteiger partial charge in [0.05, 0.1) is 4.58 Å². The Morgan fingerprint density at radius 3 is 2.42 bits per heavy atom. The van der Waals surface area contributed by atoms with Gasteiger partial charge in [0.15, 0.2) is 6.61 Å². The minimum absolute atomic E-state index is 0.162. The van der Waals surface area contributed by atoms with Gasteiger partial charge in [-0.25, -0.2) is 4.79 Å². The quantitative estimate of drug-likeness (QED) is 0.837. The topological polar surface area (TPSA) is 67.4 Å². The van der Waals surface area contributed by atoms with Gasteiger partial charge in [-0.1, -0.05) is 25.0 Å². The molecule has 7 heteroatoms. The number of ether oxygens (including phenoxy) is 1. The smallest absolute Gasteiger partial charge is 0.321 e. The average molecular weight is 367 g/mol. The van der Waals surface area contributed by atoms with Crippen LogP contribution >= 0.6 is 23.5 Å². The van der Waals surface area contributed by atoms with Crippen LogP contribution < -0.4 is 15.4 Å². The number of carbonyl (C=O) groups is 2. The monoisotopic (exact) mass is 366 g/mol. The van der Waals surface area contributed by atoms with Gasteiger partial charge in [0.25, 0.3) is 5.91 Å². The van der Waals surface area contributed by atoms with Crippen molar-refractivity contribution in [3.8, 4) is 5.75 Å². The highest BCUT2D eigenvalue weighted by Gasteiger charge is 2.19. The maximum absolute atomic E-state index is 11.8. The number of urea groups is 1. The normalized spacial score (nSPS) is 18.5. The van der Waals surface area contributed by atoms with Gasteiger partial charge >= 0.3 is 6.03 Å². The van der Waals surface area contributed by atoms with Crippen LogP contribution in [0.2, 0.25) is 0 Å². The molecule has 2 aliphatic rings. The fourth-order valence-electron chi connectivity index (χ4n) is 2.88. The van der Waals surface area contributed by atoms with Crippen molar-refractivity contribution in [1.29, 1.82) is 0 Å². The first-order chi connectivity index (χ1) is 11.7. The summed E-state index contributed by atoms with van der Waals surface area (Å²) in [6.07, 6.45) is 4.25. The molecule has 1 aromatic carbocycles. The fourth-order valence-corrected chi connectivity index (χ4v) is 5.73. The molecule has 1 heterocycles. The molecule has 0 bridgehead atoms. The lowest BCUT2D eigenvalue weighted by molar-refractivity contribution is -0.122. The summed E-state index contributed by atoms with van der Waals surface area (Å²) in [6, 6.07) is 7.59. The molecule has 1 aliphatic heterocycles. The van der Waals surface area contributed by atoms with E-state index in [1.165, 1.54) is 17.1 Å². The first kappa shape index (κ1) is 17.5. The summed E-state index contributed by atoms with van der Waals surface area (Å²) in [5, 5.41) is 5.13. The lowest BCUT2D eigenvalue weighted by Crippen LogP contribution is -2.45. The average Bonchev–Trinajstić information content (AvgIpc) is 3.27. The van der Waals surface area contributed by atoms with Crippen LogP contribution in [0.15, 0.2) is 24.3 Å². The van der Waals surface area contributed by atoms with Crippen LogP contribution in [-0.2, 0) is 4.79 Å². The van der Waals surface area contributed by atoms with Crippen LogP contribution in [0.3, 0.4) is 0 Å². The minimum atomic E-state index is -0.434. The maximum Gasteiger partial charge on any atom is 0.321 e. The minimum Gasteiger partial charge on any atom is -0.484 e. The molecule has 2 fully saturated rings. The summed E-state index contributed by atoms with van der Waals surface area (Å²) < 4.78 is 5.95. The van der Waals surface area contributed by atoms with Crippen molar-refractivity contribution >= 4 is 35.5 Å². The number of hydrogen-bond donors (Lipinski definition) is 2. The molecule has 3 rings (SSSR count). The van der Waals surface area contributed by atoms with E-state index in [0.717, 1.165) is 25.7 Å². The molecule has 0 atom stereocenters. The van der Waals surface area contributed by atoms with E-state index in [-0.39, 0.29) is 12.6 Å². The highest BCUT2D eigenvalue weighted by molar-refractivity contribution is 8.19. The SMILES string of the molecule is O=C(COc1ccc(C2SCCS2)cc1)NC(=O)NC1CCCC1. The summed E-state index contributed by atoms with van der Waals surface area (Å²) in [5.41, 5.74) is 1.27. The van der Waals surface area contributed by atoms with Crippen molar-refractivity contribution in [2.24, 2.45) is 0 Å². The van der Waals surface area contributed by atoms with Crippen LogP contribution in [0.1, 0.15) is 35.8 Å². The maximum atomic E-state index is 11.8. The summed E-state index contributed by atoms with van der Waals surface area (Å²) >= 11 is 3.91. The lowest BCUT2D eigenvalue weighted by atomic mass is 10.2. The summed E-state index contributed by atoms with van der Waals surface area (Å²) in [5.74, 6) is 2.59. The second-order valence-corrected chi connectivity index (χ2v) is 8.66. The van der Waals surface area contributed by atoms with E-state index < -0.39 is 11.9 Å². The third kappa shape index (κ3) is 5.08. The zero-order chi connectivity index (χ0) is 16.8. The van der Waals surface area contributed by atoms with E-state index in [0.29, 0.717) is 10.3 Å². The van der Waals surface area contributed by atoms with Crippen molar-refractivity contribution in [2.75, 3.05) is 18.1 Å². The summed E-state index contributed by atoms with van der Waals surface area (Å²) in [7, 11) is 0. The predicted molar refractivity (Wildman–Crippen MR) is 98.5 cm³/mol. The van der Waals surface area contributed by atoms with E-state index in [4.69, 9.17) is 4.74 Å². The van der Waals surface area contributed by atoms with Crippen molar-refractivity contribution < 1.29 is 14.3 Å². The molecule has 0 aromatic heterocycles. The Hall–Kier alpha value is -1.34. The van der Waals surface area contributed by atoms with Crippen LogP contribution in [-0.4, -0.2) is 36.1 Å². The molecule has 1 aliphatic carbocycles. The number of amides is 3. The lowest BCUT2D eigenvalue weighted by Gasteiger charge is -2.13. The van der Waals surface area contributed by atoms with Gasteiger partial charge in [-0.15, -0.1) is 23.5 Å². The number of thioether (sulfide) groups is 2. The first-order valence-electron chi connectivity index (χ1n) is 8.27. The van der Waals surface area contributed by atoms with Crippen LogP contribution in [0.5, 0.6) is 5.75 Å². The fraction of sp³-hybridized carbons (Fsp3) is 0.529. The molecule has 1 saturated heterocycles. The van der Waals surface area contributed by atoms with Crippen molar-refractivity contribution in [3.05, 3.63) is 29.8 Å². The number of benzene rings is 1. The molecule has 1 saturated carbocycles. The van der Waals surface area contributed by atoms with Crippen LogP contribution in [0.4, 0.5) is 4.79 Å². The molecule has 5 nitrogen and oxygen atoms in total. The van der Waals surface area contributed by atoms with E-state index in [2.05, 4.69) is 10.6 Å². The molecule has 130 valence electrons. The van der Waals surface area contributed by atoms with Gasteiger partial charge in [0, 0.05) is 17.5 Å². The van der Waals surface area contributed by atoms with Gasteiger partial charge in [0.2, 0.25) is 0 Å². The van der Waals surface area contributed by atoms with E-state index >= 15 is 0 Å². The first-order valence-corrected chi connectivity index (χ1v) is 10.4. The second-order valence-electron chi connectivity index (χ2n) is 5.93. The molecule has 0 unspecified atom stereocenters. The molecule has 1 aromatic rings. The zero-order valence-electron chi connectivity index (χ0n) is 13.5. The molecular formula is C17H22N2O3S2. The zero-order valence-corrected chi connectivity index (χ0v) is 15.1. The Kier molecular flexibility index (Phi) is 6.31. The molecule has 2 N–H and O–H groups in total. The number of rotatable bonds is 5. The molecule has 0 radical (unpaired) electrons. The van der Waals surface area contributed by atoms with Crippen molar-refractivity contribution in [3.63, 3.8) is 0 Å². The molecular weight excluding hydrogens is 344 g/mol. The standard InChI is InChI=1S/C17H22N2O3S2/c20-15(19-17(21)18-13-3-1-2-4-13)11-22-14-7-5-12(6-8-14)16-23-9-10-24-16/h5-8,13,16H,1-4,9-11H2,(H2,18,19,20,21). The van der Waals surface area contributed by atoms with Gasteiger partial charge in [-0.2, -0.15) is 0 Å². The second kappa shape index (κ2) is 8.67. The van der Waals surface area contributed by atoms with Gasteiger partial charge < -0.3 is 10.1 Å². The van der Waals surface area contributed by atoms with E-state index in [1.807, 2.05) is 47.8 Å².